The number of nitrogens with zero attached hydrogens (tertiary/aromatic N) is 4. The lowest BCUT2D eigenvalue weighted by Gasteiger charge is -2.60. The Morgan fingerprint density at radius 3 is 1.79 bits per heavy atom. The van der Waals surface area contributed by atoms with Crippen molar-refractivity contribution in [2.24, 2.45) is 11.3 Å². The molecule has 4 rings (SSSR count). The summed E-state index contributed by atoms with van der Waals surface area (Å²) in [6, 6.07) is 1.43. The van der Waals surface area contributed by atoms with E-state index in [0.29, 0.717) is 22.5 Å². The molecule has 4 nitrogen and oxygen atoms in total. The van der Waals surface area contributed by atoms with Gasteiger partial charge in [0, 0.05) is 65.8 Å². The molecule has 0 bridgehead atoms. The van der Waals surface area contributed by atoms with Gasteiger partial charge < -0.3 is 0 Å². The highest BCUT2D eigenvalue weighted by atomic mass is 15.3. The molecule has 0 amide bonds. The standard InChI is InChI=1S/C30H58N4/c1-26(2,3)31-16-14-30(20-31)21-32(22-30)29(10,11)18-23-17-25-24(34(19-23)28(7,8)9)13-12-15-33(25)27(4,5)6/h23-25H,12-22H2,1-11H3. The lowest BCUT2D eigenvalue weighted by molar-refractivity contribution is -0.105. The van der Waals surface area contributed by atoms with Gasteiger partial charge >= 0.3 is 0 Å². The normalized spacial score (nSPS) is 32.7. The quantitative estimate of drug-likeness (QED) is 0.519. The maximum atomic E-state index is 2.91. The number of hydrogen-bond donors (Lipinski definition) is 0. The van der Waals surface area contributed by atoms with Crippen molar-refractivity contribution in [3.05, 3.63) is 0 Å². The zero-order valence-corrected chi connectivity index (χ0v) is 24.8. The van der Waals surface area contributed by atoms with Crippen LogP contribution in [0.25, 0.3) is 0 Å². The first kappa shape index (κ1) is 26.9. The molecule has 4 fully saturated rings. The minimum atomic E-state index is 0.244. The largest absolute Gasteiger partial charge is 0.298 e. The Hall–Kier alpha value is -0.160. The first-order valence-corrected chi connectivity index (χ1v) is 14.5. The minimum absolute atomic E-state index is 0.244. The van der Waals surface area contributed by atoms with Gasteiger partial charge in [-0.15, -0.1) is 0 Å². The number of fused-ring (bicyclic) bond motifs is 1. The van der Waals surface area contributed by atoms with Crippen LogP contribution in [0.5, 0.6) is 0 Å². The van der Waals surface area contributed by atoms with Gasteiger partial charge in [-0.3, -0.25) is 19.6 Å². The first-order valence-electron chi connectivity index (χ1n) is 14.5. The van der Waals surface area contributed by atoms with E-state index in [2.05, 4.69) is 95.8 Å². The predicted octanol–water partition coefficient (Wildman–Crippen LogP) is 5.71. The molecule has 0 radical (unpaired) electrons. The van der Waals surface area contributed by atoms with Crippen molar-refractivity contribution in [2.45, 2.75) is 143 Å². The van der Waals surface area contributed by atoms with Crippen molar-refractivity contribution in [2.75, 3.05) is 39.3 Å². The Bertz CT molecular complexity index is 716. The van der Waals surface area contributed by atoms with Crippen LogP contribution in [0.3, 0.4) is 0 Å². The molecule has 1 spiro atoms. The lowest BCUT2D eigenvalue weighted by Crippen LogP contribution is -2.68. The molecule has 0 saturated carbocycles. The Labute approximate surface area is 212 Å². The van der Waals surface area contributed by atoms with Crippen LogP contribution >= 0.6 is 0 Å². The van der Waals surface area contributed by atoms with Gasteiger partial charge in [0.15, 0.2) is 0 Å². The average Bonchev–Trinajstić information content (AvgIpc) is 3.10. The molecule has 4 heteroatoms. The van der Waals surface area contributed by atoms with Crippen molar-refractivity contribution in [3.63, 3.8) is 0 Å². The van der Waals surface area contributed by atoms with Crippen molar-refractivity contribution >= 4 is 0 Å². The van der Waals surface area contributed by atoms with E-state index in [1.54, 1.807) is 0 Å². The second-order valence-corrected chi connectivity index (χ2v) is 16.3. The van der Waals surface area contributed by atoms with Crippen molar-refractivity contribution < 1.29 is 0 Å². The molecule has 4 heterocycles. The Morgan fingerprint density at radius 2 is 1.26 bits per heavy atom. The molecule has 3 atom stereocenters. The third-order valence-electron chi connectivity index (χ3n) is 9.98. The summed E-state index contributed by atoms with van der Waals surface area (Å²) in [6.45, 7) is 34.7. The fraction of sp³-hybridized carbons (Fsp3) is 1.00. The van der Waals surface area contributed by atoms with Gasteiger partial charge in [-0.1, -0.05) is 0 Å². The summed E-state index contributed by atoms with van der Waals surface area (Å²) in [7, 11) is 0. The van der Waals surface area contributed by atoms with Gasteiger partial charge in [0.1, 0.15) is 0 Å². The minimum Gasteiger partial charge on any atom is -0.298 e. The van der Waals surface area contributed by atoms with Crippen LogP contribution in [0.2, 0.25) is 0 Å². The molecule has 0 aromatic heterocycles. The Balaban J connectivity index is 1.44. The van der Waals surface area contributed by atoms with Gasteiger partial charge in [-0.05, 0) is 127 Å². The van der Waals surface area contributed by atoms with E-state index in [0.717, 1.165) is 12.0 Å². The molecule has 3 unspecified atom stereocenters. The monoisotopic (exact) mass is 474 g/mol. The Kier molecular flexibility index (Phi) is 6.89. The molecule has 198 valence electrons. The van der Waals surface area contributed by atoms with E-state index in [4.69, 9.17) is 0 Å². The van der Waals surface area contributed by atoms with E-state index >= 15 is 0 Å². The van der Waals surface area contributed by atoms with Crippen LogP contribution in [-0.4, -0.2) is 93.1 Å². The van der Waals surface area contributed by atoms with E-state index in [1.807, 2.05) is 0 Å². The summed E-state index contributed by atoms with van der Waals surface area (Å²) in [5.41, 5.74) is 1.67. The van der Waals surface area contributed by atoms with Crippen LogP contribution < -0.4 is 0 Å². The summed E-state index contributed by atoms with van der Waals surface area (Å²) >= 11 is 0. The number of piperidine rings is 2. The molecule has 0 N–H and O–H groups in total. The van der Waals surface area contributed by atoms with Crippen LogP contribution in [0, 0.1) is 11.3 Å². The number of rotatable bonds is 3. The van der Waals surface area contributed by atoms with Crippen LogP contribution in [-0.2, 0) is 0 Å². The molecule has 34 heavy (non-hydrogen) atoms. The second kappa shape index (κ2) is 8.71. The van der Waals surface area contributed by atoms with Gasteiger partial charge in [0.25, 0.3) is 0 Å². The van der Waals surface area contributed by atoms with Gasteiger partial charge in [0.2, 0.25) is 0 Å². The third kappa shape index (κ3) is 5.27. The van der Waals surface area contributed by atoms with Crippen molar-refractivity contribution in [1.82, 2.24) is 19.6 Å². The number of hydrogen-bond acceptors (Lipinski definition) is 4. The second-order valence-electron chi connectivity index (χ2n) is 16.3. The van der Waals surface area contributed by atoms with Gasteiger partial charge in [0.05, 0.1) is 0 Å². The summed E-state index contributed by atoms with van der Waals surface area (Å²) < 4.78 is 0. The molecule has 4 aliphatic heterocycles. The molecule has 0 aliphatic carbocycles. The first-order chi connectivity index (χ1) is 15.4. The molecular weight excluding hydrogens is 416 g/mol. The highest BCUT2D eigenvalue weighted by Gasteiger charge is 2.54. The molecular formula is C30H58N4. The van der Waals surface area contributed by atoms with Crippen molar-refractivity contribution in [1.29, 1.82) is 0 Å². The average molecular weight is 475 g/mol. The fourth-order valence-corrected chi connectivity index (χ4v) is 8.06. The Morgan fingerprint density at radius 1 is 0.676 bits per heavy atom. The van der Waals surface area contributed by atoms with Crippen LogP contribution in [0.15, 0.2) is 0 Å². The predicted molar refractivity (Wildman–Crippen MR) is 146 cm³/mol. The maximum Gasteiger partial charge on any atom is 0.0260 e. The van der Waals surface area contributed by atoms with E-state index < -0.39 is 0 Å². The lowest BCUT2D eigenvalue weighted by atomic mass is 9.71. The molecule has 4 aliphatic rings. The summed E-state index contributed by atoms with van der Waals surface area (Å²) in [5, 5.41) is 0. The zero-order valence-electron chi connectivity index (χ0n) is 24.8. The maximum absolute atomic E-state index is 2.91. The van der Waals surface area contributed by atoms with Crippen LogP contribution in [0.1, 0.15) is 108 Å². The van der Waals surface area contributed by atoms with E-state index in [9.17, 15) is 0 Å². The summed E-state index contributed by atoms with van der Waals surface area (Å²) in [4.78, 5) is 11.4. The van der Waals surface area contributed by atoms with E-state index in [-0.39, 0.29) is 11.1 Å². The smallest absolute Gasteiger partial charge is 0.0260 e. The van der Waals surface area contributed by atoms with Crippen LogP contribution in [0.4, 0.5) is 0 Å². The fourth-order valence-electron chi connectivity index (χ4n) is 8.06. The van der Waals surface area contributed by atoms with Gasteiger partial charge in [-0.25, -0.2) is 0 Å². The van der Waals surface area contributed by atoms with E-state index in [1.165, 1.54) is 71.4 Å². The third-order valence-corrected chi connectivity index (χ3v) is 9.98. The molecule has 4 saturated heterocycles. The topological polar surface area (TPSA) is 13.0 Å². The molecule has 0 aromatic carbocycles. The summed E-state index contributed by atoms with van der Waals surface area (Å²) in [5.74, 6) is 0.782. The number of likely N-dealkylation sites (tertiary alicyclic amines) is 4. The summed E-state index contributed by atoms with van der Waals surface area (Å²) in [6.07, 6.45) is 6.84. The van der Waals surface area contributed by atoms with Gasteiger partial charge in [-0.2, -0.15) is 0 Å². The van der Waals surface area contributed by atoms with Crippen molar-refractivity contribution in [3.8, 4) is 0 Å². The highest BCUT2D eigenvalue weighted by Crippen LogP contribution is 2.47. The highest BCUT2D eigenvalue weighted by molar-refractivity contribution is 5.08. The zero-order chi connectivity index (χ0) is 25.3. The molecule has 0 aromatic rings. The SMILES string of the molecule is CC(C)(C)N1CCC2(C1)CN(C(C)(C)CC1CC3C(CCCN3C(C)(C)C)N(C(C)(C)C)C1)C2.